The van der Waals surface area contributed by atoms with Crippen LogP contribution in [0.2, 0.25) is 0 Å². The van der Waals surface area contributed by atoms with Crippen molar-refractivity contribution >= 4 is 11.3 Å². The molecule has 17 heavy (non-hydrogen) atoms. The average Bonchev–Trinajstić information content (AvgIpc) is 2.83. The zero-order chi connectivity index (χ0) is 12.5. The summed E-state index contributed by atoms with van der Waals surface area (Å²) in [6, 6.07) is 3.49. The second kappa shape index (κ2) is 4.46. The highest BCUT2D eigenvalue weighted by Gasteiger charge is 2.39. The van der Waals surface area contributed by atoms with Crippen molar-refractivity contribution < 1.29 is 22.8 Å². The van der Waals surface area contributed by atoms with Gasteiger partial charge < -0.3 is 9.63 Å². The molecule has 0 spiro atoms. The van der Waals surface area contributed by atoms with E-state index in [1.165, 1.54) is 11.3 Å². The number of hydrogen-bond acceptors (Lipinski definition) is 5. The quantitative estimate of drug-likeness (QED) is 0.923. The van der Waals surface area contributed by atoms with Crippen molar-refractivity contribution in [1.29, 1.82) is 0 Å². The molecule has 0 aliphatic rings. The van der Waals surface area contributed by atoms with Crippen molar-refractivity contribution in [2.75, 3.05) is 0 Å². The standard InChI is InChI=1S/C9H7F3N2O2S/c10-9(11,12)6(15)4-7-13-8(14-16-7)5-2-1-3-17-5/h1-3,6,15H,4H2. The lowest BCUT2D eigenvalue weighted by Gasteiger charge is -2.11. The Bertz CT molecular complexity index is 481. The number of hydrogen-bond donors (Lipinski definition) is 1. The molecule has 4 nitrogen and oxygen atoms in total. The van der Waals surface area contributed by atoms with Gasteiger partial charge in [0.25, 0.3) is 0 Å². The summed E-state index contributed by atoms with van der Waals surface area (Å²) in [4.78, 5) is 4.47. The first kappa shape index (κ1) is 12.1. The van der Waals surface area contributed by atoms with Gasteiger partial charge in [0.2, 0.25) is 11.7 Å². The van der Waals surface area contributed by atoms with Crippen LogP contribution in [0.3, 0.4) is 0 Å². The van der Waals surface area contributed by atoms with E-state index < -0.39 is 18.7 Å². The van der Waals surface area contributed by atoms with Crippen LogP contribution in [0.4, 0.5) is 13.2 Å². The molecule has 0 saturated carbocycles. The van der Waals surface area contributed by atoms with Crippen LogP contribution in [0.1, 0.15) is 5.89 Å². The van der Waals surface area contributed by atoms with Gasteiger partial charge in [0, 0.05) is 0 Å². The molecule has 1 unspecified atom stereocenters. The molecule has 8 heteroatoms. The maximum Gasteiger partial charge on any atom is 0.414 e. The molecule has 2 rings (SSSR count). The Labute approximate surface area is 97.7 Å². The van der Waals surface area contributed by atoms with E-state index in [9.17, 15) is 13.2 Å². The third-order valence-electron chi connectivity index (χ3n) is 1.96. The Morgan fingerprint density at radius 2 is 2.24 bits per heavy atom. The van der Waals surface area contributed by atoms with E-state index in [0.717, 1.165) is 0 Å². The van der Waals surface area contributed by atoms with E-state index in [1.807, 2.05) is 0 Å². The molecule has 2 aromatic heterocycles. The van der Waals surface area contributed by atoms with Gasteiger partial charge >= 0.3 is 6.18 Å². The van der Waals surface area contributed by atoms with Gasteiger partial charge in [-0.2, -0.15) is 18.2 Å². The number of alkyl halides is 3. The van der Waals surface area contributed by atoms with Gasteiger partial charge in [-0.15, -0.1) is 11.3 Å². The summed E-state index contributed by atoms with van der Waals surface area (Å²) in [5, 5.41) is 14.2. The Hall–Kier alpha value is -1.41. The number of thiophene rings is 1. The van der Waals surface area contributed by atoms with Crippen LogP contribution in [0, 0.1) is 0 Å². The van der Waals surface area contributed by atoms with Gasteiger partial charge in [0.1, 0.15) is 0 Å². The fraction of sp³-hybridized carbons (Fsp3) is 0.333. The van der Waals surface area contributed by atoms with Crippen LogP contribution in [0.25, 0.3) is 10.7 Å². The Kier molecular flexibility index (Phi) is 3.16. The monoisotopic (exact) mass is 264 g/mol. The molecule has 2 heterocycles. The van der Waals surface area contributed by atoms with E-state index >= 15 is 0 Å². The largest absolute Gasteiger partial charge is 0.414 e. The van der Waals surface area contributed by atoms with Crippen molar-refractivity contribution in [3.8, 4) is 10.7 Å². The molecule has 1 atom stereocenters. The molecule has 0 aliphatic heterocycles. The summed E-state index contributed by atoms with van der Waals surface area (Å²) in [7, 11) is 0. The SMILES string of the molecule is OC(Cc1nc(-c2cccs2)no1)C(F)(F)F. The summed E-state index contributed by atoms with van der Waals surface area (Å²) < 4.78 is 40.9. The number of aromatic nitrogens is 2. The van der Waals surface area contributed by atoms with Gasteiger partial charge in [-0.25, -0.2) is 0 Å². The minimum Gasteiger partial charge on any atom is -0.383 e. The molecule has 1 N–H and O–H groups in total. The van der Waals surface area contributed by atoms with Gasteiger partial charge in [0.05, 0.1) is 11.3 Å². The van der Waals surface area contributed by atoms with Crippen molar-refractivity contribution in [3.63, 3.8) is 0 Å². The molecule has 0 radical (unpaired) electrons. The predicted molar refractivity (Wildman–Crippen MR) is 53.4 cm³/mol. The van der Waals surface area contributed by atoms with Crippen molar-refractivity contribution in [2.45, 2.75) is 18.7 Å². The molecule has 0 bridgehead atoms. The van der Waals surface area contributed by atoms with Crippen molar-refractivity contribution in [2.24, 2.45) is 0 Å². The third-order valence-corrected chi connectivity index (χ3v) is 2.82. The normalized spacial score (nSPS) is 13.9. The maximum atomic E-state index is 12.1. The number of aliphatic hydroxyl groups is 1. The fourth-order valence-electron chi connectivity index (χ4n) is 1.12. The van der Waals surface area contributed by atoms with Crippen molar-refractivity contribution in [1.82, 2.24) is 10.1 Å². The first-order chi connectivity index (χ1) is 7.97. The predicted octanol–water partition coefficient (Wildman–Crippen LogP) is 2.26. The first-order valence-electron chi connectivity index (χ1n) is 4.58. The van der Waals surface area contributed by atoms with Crippen LogP contribution in [-0.4, -0.2) is 27.5 Å². The van der Waals surface area contributed by atoms with Gasteiger partial charge in [-0.1, -0.05) is 11.2 Å². The molecular formula is C9H7F3N2O2S. The van der Waals surface area contributed by atoms with Crippen LogP contribution in [-0.2, 0) is 6.42 Å². The zero-order valence-corrected chi connectivity index (χ0v) is 9.13. The number of aliphatic hydroxyl groups excluding tert-OH is 1. The molecule has 0 amide bonds. The summed E-state index contributed by atoms with van der Waals surface area (Å²) >= 11 is 1.34. The lowest BCUT2D eigenvalue weighted by Crippen LogP contribution is -2.30. The lowest BCUT2D eigenvalue weighted by molar-refractivity contribution is -0.204. The summed E-state index contributed by atoms with van der Waals surface area (Å²) in [6.45, 7) is 0. The number of nitrogens with zero attached hydrogens (tertiary/aromatic N) is 2. The minimum atomic E-state index is -4.68. The fourth-order valence-corrected chi connectivity index (χ4v) is 1.77. The highest BCUT2D eigenvalue weighted by molar-refractivity contribution is 7.13. The van der Waals surface area contributed by atoms with E-state index in [2.05, 4.69) is 14.7 Å². The summed E-state index contributed by atoms with van der Waals surface area (Å²) in [5.74, 6) is -0.0115. The Morgan fingerprint density at radius 3 is 2.82 bits per heavy atom. The van der Waals surface area contributed by atoms with E-state index in [1.54, 1.807) is 17.5 Å². The smallest absolute Gasteiger partial charge is 0.383 e. The summed E-state index contributed by atoms with van der Waals surface area (Å²) in [6.07, 6.45) is -7.90. The zero-order valence-electron chi connectivity index (χ0n) is 8.31. The molecule has 92 valence electrons. The highest BCUT2D eigenvalue weighted by atomic mass is 32.1. The van der Waals surface area contributed by atoms with Crippen LogP contribution in [0.5, 0.6) is 0 Å². The van der Waals surface area contributed by atoms with Crippen LogP contribution >= 0.6 is 11.3 Å². The van der Waals surface area contributed by atoms with E-state index in [-0.39, 0.29) is 11.7 Å². The molecule has 0 aliphatic carbocycles. The topological polar surface area (TPSA) is 59.2 Å². The highest BCUT2D eigenvalue weighted by Crippen LogP contribution is 2.25. The maximum absolute atomic E-state index is 12.1. The van der Waals surface area contributed by atoms with E-state index in [0.29, 0.717) is 4.88 Å². The molecule has 0 saturated heterocycles. The summed E-state index contributed by atoms with van der Waals surface area (Å²) in [5.41, 5.74) is 0. The van der Waals surface area contributed by atoms with E-state index in [4.69, 9.17) is 5.11 Å². The van der Waals surface area contributed by atoms with Crippen molar-refractivity contribution in [3.05, 3.63) is 23.4 Å². The average molecular weight is 264 g/mol. The minimum absolute atomic E-state index is 0.226. The van der Waals surface area contributed by atoms with Gasteiger partial charge in [-0.3, -0.25) is 0 Å². The van der Waals surface area contributed by atoms with Crippen LogP contribution in [0.15, 0.2) is 22.0 Å². The molecule has 0 aromatic carbocycles. The Balaban J connectivity index is 2.09. The molecular weight excluding hydrogens is 257 g/mol. The Morgan fingerprint density at radius 1 is 1.47 bits per heavy atom. The molecule has 0 fully saturated rings. The molecule has 2 aromatic rings. The second-order valence-corrected chi connectivity index (χ2v) is 4.20. The third kappa shape index (κ3) is 2.83. The first-order valence-corrected chi connectivity index (χ1v) is 5.46. The van der Waals surface area contributed by atoms with Crippen LogP contribution < -0.4 is 0 Å². The lowest BCUT2D eigenvalue weighted by atomic mass is 10.2. The van der Waals surface area contributed by atoms with Gasteiger partial charge in [-0.05, 0) is 11.4 Å². The number of rotatable bonds is 3. The number of halogens is 3. The second-order valence-electron chi connectivity index (χ2n) is 3.25. The van der Waals surface area contributed by atoms with Gasteiger partial charge in [0.15, 0.2) is 6.10 Å².